The molecule has 2 heterocycles. The van der Waals surface area contributed by atoms with Crippen LogP contribution in [0.25, 0.3) is 0 Å². The Balaban J connectivity index is 1.61. The van der Waals surface area contributed by atoms with E-state index in [1.807, 2.05) is 54.6 Å². The Hall–Kier alpha value is -3.47. The standard InChI is InChI=1S/C24H22N2O3/c1-28-21-10-5-2-7-16(21)15-13-19-23(20(27)14-15)24(22-11-6-12-29-22)26-18-9-4-3-8-17(18)25-19/h2-12,15,24-26H,13-14H2,1H3. The molecule has 2 aliphatic rings. The molecule has 2 unspecified atom stereocenters. The summed E-state index contributed by atoms with van der Waals surface area (Å²) >= 11 is 0. The molecule has 1 aliphatic heterocycles. The van der Waals surface area contributed by atoms with Gasteiger partial charge < -0.3 is 19.8 Å². The number of rotatable bonds is 3. The molecule has 29 heavy (non-hydrogen) atoms. The van der Waals surface area contributed by atoms with E-state index < -0.39 is 0 Å². The number of hydrogen-bond donors (Lipinski definition) is 2. The van der Waals surface area contributed by atoms with Crippen LogP contribution in [0, 0.1) is 0 Å². The van der Waals surface area contributed by atoms with Crippen molar-refractivity contribution in [2.45, 2.75) is 24.8 Å². The van der Waals surface area contributed by atoms with E-state index in [4.69, 9.17) is 9.15 Å². The van der Waals surface area contributed by atoms with Crippen LogP contribution >= 0.6 is 0 Å². The number of fused-ring (bicyclic) bond motifs is 1. The molecular weight excluding hydrogens is 364 g/mol. The lowest BCUT2D eigenvalue weighted by atomic mass is 9.79. The maximum Gasteiger partial charge on any atom is 0.163 e. The van der Waals surface area contributed by atoms with Gasteiger partial charge in [-0.15, -0.1) is 0 Å². The van der Waals surface area contributed by atoms with E-state index in [1.165, 1.54) is 0 Å². The molecule has 0 radical (unpaired) electrons. The van der Waals surface area contributed by atoms with Gasteiger partial charge in [-0.3, -0.25) is 4.79 Å². The van der Waals surface area contributed by atoms with Gasteiger partial charge >= 0.3 is 0 Å². The third-order valence-corrected chi connectivity index (χ3v) is 5.72. The van der Waals surface area contributed by atoms with Crippen molar-refractivity contribution in [1.29, 1.82) is 0 Å². The second-order valence-corrected chi connectivity index (χ2v) is 7.43. The molecule has 1 aromatic heterocycles. The largest absolute Gasteiger partial charge is 0.496 e. The van der Waals surface area contributed by atoms with E-state index in [9.17, 15) is 4.79 Å². The molecule has 0 spiro atoms. The Morgan fingerprint density at radius 2 is 1.76 bits per heavy atom. The molecular formula is C24H22N2O3. The van der Waals surface area contributed by atoms with Gasteiger partial charge in [-0.1, -0.05) is 30.3 Å². The fourth-order valence-electron chi connectivity index (χ4n) is 4.38. The van der Waals surface area contributed by atoms with E-state index in [-0.39, 0.29) is 17.7 Å². The van der Waals surface area contributed by atoms with Crippen LogP contribution in [-0.2, 0) is 4.79 Å². The monoisotopic (exact) mass is 386 g/mol. The third kappa shape index (κ3) is 3.09. The van der Waals surface area contributed by atoms with Crippen LogP contribution in [0.4, 0.5) is 11.4 Å². The number of allylic oxidation sites excluding steroid dienone is 1. The Kier molecular flexibility index (Phi) is 4.35. The van der Waals surface area contributed by atoms with E-state index in [0.29, 0.717) is 6.42 Å². The minimum Gasteiger partial charge on any atom is -0.496 e. The highest BCUT2D eigenvalue weighted by atomic mass is 16.5. The lowest BCUT2D eigenvalue weighted by Crippen LogP contribution is -2.26. The Labute approximate surface area is 169 Å². The molecule has 146 valence electrons. The molecule has 2 N–H and O–H groups in total. The highest BCUT2D eigenvalue weighted by Gasteiger charge is 2.37. The number of hydrogen-bond acceptors (Lipinski definition) is 5. The molecule has 5 rings (SSSR count). The summed E-state index contributed by atoms with van der Waals surface area (Å²) in [6.07, 6.45) is 2.82. The molecule has 0 fully saturated rings. The highest BCUT2D eigenvalue weighted by Crippen LogP contribution is 2.45. The van der Waals surface area contributed by atoms with Crippen molar-refractivity contribution in [3.63, 3.8) is 0 Å². The van der Waals surface area contributed by atoms with Gasteiger partial charge in [0.1, 0.15) is 17.6 Å². The average Bonchev–Trinajstić information content (AvgIpc) is 3.22. The summed E-state index contributed by atoms with van der Waals surface area (Å²) in [5.41, 5.74) is 4.67. The number of ether oxygens (including phenoxy) is 1. The van der Waals surface area contributed by atoms with Gasteiger partial charge in [0.25, 0.3) is 0 Å². The number of benzene rings is 2. The molecule has 5 heteroatoms. The minimum absolute atomic E-state index is 0.0624. The van der Waals surface area contributed by atoms with Crippen LogP contribution < -0.4 is 15.4 Å². The number of Topliss-reactive ketones (excluding diaryl/α,β-unsaturated/α-hetero) is 1. The van der Waals surface area contributed by atoms with Crippen molar-refractivity contribution >= 4 is 17.2 Å². The van der Waals surface area contributed by atoms with E-state index in [1.54, 1.807) is 13.4 Å². The molecule has 0 amide bonds. The average molecular weight is 386 g/mol. The van der Waals surface area contributed by atoms with E-state index in [0.717, 1.165) is 46.1 Å². The number of furan rings is 1. The van der Waals surface area contributed by atoms with Crippen molar-refractivity contribution in [3.05, 3.63) is 89.5 Å². The number of carbonyl (C=O) groups excluding carboxylic acids is 1. The van der Waals surface area contributed by atoms with Gasteiger partial charge in [0.05, 0.1) is 24.7 Å². The summed E-state index contributed by atoms with van der Waals surface area (Å²) in [6, 6.07) is 19.4. The predicted molar refractivity (Wildman–Crippen MR) is 112 cm³/mol. The van der Waals surface area contributed by atoms with Crippen molar-refractivity contribution in [3.8, 4) is 5.75 Å². The zero-order valence-electron chi connectivity index (χ0n) is 16.1. The van der Waals surface area contributed by atoms with Crippen LogP contribution in [0.3, 0.4) is 0 Å². The first-order valence-corrected chi connectivity index (χ1v) is 9.79. The smallest absolute Gasteiger partial charge is 0.163 e. The summed E-state index contributed by atoms with van der Waals surface area (Å²) in [4.78, 5) is 13.4. The van der Waals surface area contributed by atoms with Gasteiger partial charge in [-0.05, 0) is 42.3 Å². The second-order valence-electron chi connectivity index (χ2n) is 7.43. The normalized spacial score (nSPS) is 20.8. The van der Waals surface area contributed by atoms with Crippen molar-refractivity contribution < 1.29 is 13.9 Å². The first kappa shape index (κ1) is 17.6. The molecule has 2 aromatic carbocycles. The van der Waals surface area contributed by atoms with Crippen molar-refractivity contribution in [1.82, 2.24) is 0 Å². The van der Waals surface area contributed by atoms with Crippen LogP contribution in [0.2, 0.25) is 0 Å². The fourth-order valence-corrected chi connectivity index (χ4v) is 4.38. The Morgan fingerprint density at radius 1 is 0.966 bits per heavy atom. The molecule has 0 saturated carbocycles. The Morgan fingerprint density at radius 3 is 2.55 bits per heavy atom. The van der Waals surface area contributed by atoms with Gasteiger partial charge in [0, 0.05) is 23.6 Å². The van der Waals surface area contributed by atoms with Crippen LogP contribution in [0.5, 0.6) is 5.75 Å². The second kappa shape index (κ2) is 7.17. The highest BCUT2D eigenvalue weighted by molar-refractivity contribution is 6.01. The van der Waals surface area contributed by atoms with E-state index in [2.05, 4.69) is 16.7 Å². The summed E-state index contributed by atoms with van der Waals surface area (Å²) < 4.78 is 11.2. The number of methoxy groups -OCH3 is 1. The number of para-hydroxylation sites is 3. The lowest BCUT2D eigenvalue weighted by molar-refractivity contribution is -0.116. The van der Waals surface area contributed by atoms with Crippen LogP contribution in [0.15, 0.2) is 82.6 Å². The summed E-state index contributed by atoms with van der Waals surface area (Å²) in [5, 5.41) is 7.04. The summed E-state index contributed by atoms with van der Waals surface area (Å²) in [5.74, 6) is 1.74. The molecule has 2 atom stereocenters. The predicted octanol–water partition coefficient (Wildman–Crippen LogP) is 5.27. The Bertz CT molecular complexity index is 1090. The SMILES string of the molecule is COc1ccccc1C1CC(=O)C2=C(C1)Nc1ccccc1NC2c1ccco1. The van der Waals surface area contributed by atoms with E-state index >= 15 is 0 Å². The van der Waals surface area contributed by atoms with Crippen LogP contribution in [-0.4, -0.2) is 12.9 Å². The van der Waals surface area contributed by atoms with Crippen molar-refractivity contribution in [2.75, 3.05) is 17.7 Å². The number of carbonyl (C=O) groups is 1. The number of anilines is 2. The first-order valence-electron chi connectivity index (χ1n) is 9.79. The van der Waals surface area contributed by atoms with Gasteiger partial charge in [0.2, 0.25) is 0 Å². The number of ketones is 1. The first-order chi connectivity index (χ1) is 14.2. The molecule has 0 bridgehead atoms. The van der Waals surface area contributed by atoms with Crippen LogP contribution in [0.1, 0.15) is 36.1 Å². The zero-order chi connectivity index (χ0) is 19.8. The summed E-state index contributed by atoms with van der Waals surface area (Å²) in [7, 11) is 1.67. The molecule has 1 aliphatic carbocycles. The van der Waals surface area contributed by atoms with Gasteiger partial charge in [0.15, 0.2) is 5.78 Å². The quantitative estimate of drug-likeness (QED) is 0.642. The number of nitrogens with one attached hydrogen (secondary N) is 2. The zero-order valence-corrected chi connectivity index (χ0v) is 16.1. The van der Waals surface area contributed by atoms with Gasteiger partial charge in [-0.25, -0.2) is 0 Å². The minimum atomic E-state index is -0.317. The summed E-state index contributed by atoms with van der Waals surface area (Å²) in [6.45, 7) is 0. The molecule has 3 aromatic rings. The molecule has 5 nitrogen and oxygen atoms in total. The maximum atomic E-state index is 13.4. The lowest BCUT2D eigenvalue weighted by Gasteiger charge is -2.29. The molecule has 0 saturated heterocycles. The van der Waals surface area contributed by atoms with Gasteiger partial charge in [-0.2, -0.15) is 0 Å². The topological polar surface area (TPSA) is 63.5 Å². The fraction of sp³-hybridized carbons (Fsp3) is 0.208. The maximum absolute atomic E-state index is 13.4. The third-order valence-electron chi connectivity index (χ3n) is 5.72. The van der Waals surface area contributed by atoms with Crippen molar-refractivity contribution in [2.24, 2.45) is 0 Å².